The molecule has 312 valence electrons. The summed E-state index contributed by atoms with van der Waals surface area (Å²) >= 11 is 0. The van der Waals surface area contributed by atoms with Crippen LogP contribution in [-0.4, -0.2) is 82.2 Å². The summed E-state index contributed by atoms with van der Waals surface area (Å²) < 4.78 is 39.6. The second kappa shape index (κ2) is 32.1. The zero-order chi connectivity index (χ0) is 39.8. The number of quaternary nitrogens is 1. The summed E-state index contributed by atoms with van der Waals surface area (Å²) in [7, 11) is 1.11. The number of phosphoric ester groups is 1. The molecule has 0 radical (unpaired) electrons. The topological polar surface area (TPSA) is 124 Å². The highest BCUT2D eigenvalue weighted by Crippen LogP contribution is 2.38. The Hall–Kier alpha value is -2.07. The molecule has 4 atom stereocenters. The van der Waals surface area contributed by atoms with E-state index in [2.05, 4.69) is 56.4 Å². The molecule has 1 heterocycles. The predicted octanol–water partition coefficient (Wildman–Crippen LogP) is 9.87. The van der Waals surface area contributed by atoms with Crippen molar-refractivity contribution in [1.29, 1.82) is 0 Å². The second-order valence-corrected chi connectivity index (χ2v) is 16.8. The minimum atomic E-state index is -4.64. The van der Waals surface area contributed by atoms with Crippen LogP contribution in [0.5, 0.6) is 0 Å². The summed E-state index contributed by atoms with van der Waals surface area (Å²) in [6.07, 6.45) is 37.4. The van der Waals surface area contributed by atoms with Crippen LogP contribution >= 0.6 is 7.82 Å². The van der Waals surface area contributed by atoms with Crippen molar-refractivity contribution < 1.29 is 46.8 Å². The van der Waals surface area contributed by atoms with E-state index in [1.165, 1.54) is 57.8 Å². The van der Waals surface area contributed by atoms with E-state index in [-0.39, 0.29) is 38.3 Å². The van der Waals surface area contributed by atoms with Gasteiger partial charge in [0.25, 0.3) is 7.82 Å². The van der Waals surface area contributed by atoms with Gasteiger partial charge in [-0.3, -0.25) is 14.2 Å². The zero-order valence-corrected chi connectivity index (χ0v) is 35.5. The molecule has 0 N–H and O–H groups in total. The van der Waals surface area contributed by atoms with E-state index in [0.29, 0.717) is 23.9 Å². The quantitative estimate of drug-likeness (QED) is 0.0153. The van der Waals surface area contributed by atoms with E-state index in [0.717, 1.165) is 51.4 Å². The molecule has 1 aliphatic rings. The SMILES string of the molecule is CC/C=C\C/C=C\C/C=C\CC1OC1C/C=C\CCCC(=O)OC(COC(=O)CCCCCCCCCCCCCC)COP(=O)([O-])OCC[N+](C)(C)C. The van der Waals surface area contributed by atoms with Gasteiger partial charge in [0.2, 0.25) is 0 Å². The van der Waals surface area contributed by atoms with Gasteiger partial charge >= 0.3 is 11.9 Å². The van der Waals surface area contributed by atoms with Crippen LogP contribution in [0.2, 0.25) is 0 Å². The molecule has 0 aromatic carbocycles. The fraction of sp³-hybridized carbons (Fsp3) is 0.767. The van der Waals surface area contributed by atoms with Gasteiger partial charge in [0.05, 0.1) is 40.0 Å². The molecule has 1 rings (SSSR count). The third kappa shape index (κ3) is 32.2. The number of ether oxygens (including phenoxy) is 3. The number of phosphoric acid groups is 1. The first-order valence-electron chi connectivity index (χ1n) is 21.0. The molecule has 0 aliphatic carbocycles. The molecule has 1 fully saturated rings. The summed E-state index contributed by atoms with van der Waals surface area (Å²) in [6, 6.07) is 0. The number of rotatable bonds is 36. The number of esters is 2. The minimum Gasteiger partial charge on any atom is -0.756 e. The third-order valence-electron chi connectivity index (χ3n) is 9.02. The van der Waals surface area contributed by atoms with Crippen LogP contribution in [-0.2, 0) is 37.4 Å². The number of carbonyl (C=O) groups excluding carboxylic acids is 2. The van der Waals surface area contributed by atoms with Gasteiger partial charge in [-0.1, -0.05) is 133 Å². The molecule has 0 bridgehead atoms. The minimum absolute atomic E-state index is 0.0453. The monoisotopic (exact) mass is 782 g/mol. The van der Waals surface area contributed by atoms with Crippen LogP contribution in [0.4, 0.5) is 0 Å². The summed E-state index contributed by atoms with van der Waals surface area (Å²) in [5.41, 5.74) is 0. The van der Waals surface area contributed by atoms with Crippen LogP contribution < -0.4 is 4.89 Å². The molecule has 1 aliphatic heterocycles. The number of carbonyl (C=O) groups is 2. The second-order valence-electron chi connectivity index (χ2n) is 15.4. The van der Waals surface area contributed by atoms with Gasteiger partial charge in [-0.25, -0.2) is 0 Å². The standard InChI is InChI=1S/C43H76NO9P/c1-6-8-10-12-14-16-17-18-20-22-24-29-33-42(45)49-37-39(38-51-54(47,48)50-36-35-44(3,4)5)52-43(46)34-30-26-25-28-32-41-40(53-41)31-27-23-21-19-15-13-11-9-7-2/h9,11,15,19,23,25,27-28,39-41H,6-8,10,12-14,16-18,20-22,24,26,29-38H2,1-5H3/b11-9-,19-15-,27-23-,28-25-. The van der Waals surface area contributed by atoms with Crippen molar-refractivity contribution in [3.63, 3.8) is 0 Å². The summed E-state index contributed by atoms with van der Waals surface area (Å²) in [5, 5.41) is 0. The number of nitrogens with zero attached hydrogens (tertiary/aromatic N) is 1. The molecular formula is C43H76NO9P. The molecule has 0 amide bonds. The molecule has 0 aromatic rings. The van der Waals surface area contributed by atoms with Crippen molar-refractivity contribution in [2.24, 2.45) is 0 Å². The Morgan fingerprint density at radius 1 is 0.685 bits per heavy atom. The Bertz CT molecular complexity index is 1130. The van der Waals surface area contributed by atoms with Gasteiger partial charge in [0.1, 0.15) is 19.8 Å². The lowest BCUT2D eigenvalue weighted by Gasteiger charge is -2.28. The van der Waals surface area contributed by atoms with Gasteiger partial charge < -0.3 is 32.6 Å². The zero-order valence-electron chi connectivity index (χ0n) is 34.6. The maximum atomic E-state index is 12.7. The molecule has 0 aromatic heterocycles. The van der Waals surface area contributed by atoms with E-state index >= 15 is 0 Å². The Kier molecular flexibility index (Phi) is 29.7. The molecule has 1 saturated heterocycles. The first kappa shape index (κ1) is 49.9. The predicted molar refractivity (Wildman–Crippen MR) is 217 cm³/mol. The lowest BCUT2D eigenvalue weighted by molar-refractivity contribution is -0.870. The number of unbranched alkanes of at least 4 members (excludes halogenated alkanes) is 12. The van der Waals surface area contributed by atoms with Crippen LogP contribution in [0.3, 0.4) is 0 Å². The number of likely N-dealkylation sites (N-methyl/N-ethyl adjacent to an activating group) is 1. The maximum Gasteiger partial charge on any atom is 0.306 e. The van der Waals surface area contributed by atoms with Gasteiger partial charge in [-0.2, -0.15) is 0 Å². The Morgan fingerprint density at radius 3 is 1.81 bits per heavy atom. The van der Waals surface area contributed by atoms with E-state index in [4.69, 9.17) is 23.3 Å². The molecule has 0 saturated carbocycles. The Morgan fingerprint density at radius 2 is 1.22 bits per heavy atom. The maximum absolute atomic E-state index is 12.7. The number of hydrogen-bond donors (Lipinski definition) is 0. The molecule has 11 heteroatoms. The van der Waals surface area contributed by atoms with Crippen molar-refractivity contribution in [3.05, 3.63) is 48.6 Å². The lowest BCUT2D eigenvalue weighted by atomic mass is 10.0. The van der Waals surface area contributed by atoms with E-state index < -0.39 is 32.5 Å². The van der Waals surface area contributed by atoms with Gasteiger partial charge in [0.15, 0.2) is 6.10 Å². The largest absolute Gasteiger partial charge is 0.756 e. The van der Waals surface area contributed by atoms with Crippen molar-refractivity contribution in [3.8, 4) is 0 Å². The van der Waals surface area contributed by atoms with E-state index in [9.17, 15) is 19.0 Å². The number of allylic oxidation sites excluding steroid dienone is 6. The average Bonchev–Trinajstić information content (AvgIpc) is 3.87. The van der Waals surface area contributed by atoms with Gasteiger partial charge in [-0.05, 0) is 51.4 Å². The number of epoxide rings is 1. The highest BCUT2D eigenvalue weighted by Gasteiger charge is 2.36. The van der Waals surface area contributed by atoms with Gasteiger partial charge in [-0.15, -0.1) is 0 Å². The molecule has 0 spiro atoms. The molecule has 54 heavy (non-hydrogen) atoms. The number of hydrogen-bond acceptors (Lipinski definition) is 9. The highest BCUT2D eigenvalue weighted by molar-refractivity contribution is 7.45. The van der Waals surface area contributed by atoms with Gasteiger partial charge in [0, 0.05) is 12.8 Å². The Balaban J connectivity index is 2.36. The van der Waals surface area contributed by atoms with E-state index in [1.807, 2.05) is 27.2 Å². The molecular weight excluding hydrogens is 705 g/mol. The normalized spacial score (nSPS) is 17.9. The van der Waals surface area contributed by atoms with Crippen LogP contribution in [0.1, 0.15) is 149 Å². The van der Waals surface area contributed by atoms with Crippen molar-refractivity contribution in [1.82, 2.24) is 0 Å². The van der Waals surface area contributed by atoms with Crippen LogP contribution in [0.15, 0.2) is 48.6 Å². The van der Waals surface area contributed by atoms with E-state index in [1.54, 1.807) is 0 Å². The third-order valence-corrected chi connectivity index (χ3v) is 9.98. The average molecular weight is 782 g/mol. The first-order valence-corrected chi connectivity index (χ1v) is 22.4. The fourth-order valence-corrected chi connectivity index (χ4v) is 6.34. The summed E-state index contributed by atoms with van der Waals surface area (Å²) in [5.74, 6) is -0.913. The van der Waals surface area contributed by atoms with Crippen LogP contribution in [0.25, 0.3) is 0 Å². The fourth-order valence-electron chi connectivity index (χ4n) is 5.61. The summed E-state index contributed by atoms with van der Waals surface area (Å²) in [6.45, 7) is 4.01. The highest BCUT2D eigenvalue weighted by atomic mass is 31.2. The van der Waals surface area contributed by atoms with Crippen molar-refractivity contribution in [2.45, 2.75) is 167 Å². The Labute approximate surface area is 329 Å². The summed E-state index contributed by atoms with van der Waals surface area (Å²) in [4.78, 5) is 37.5. The lowest BCUT2D eigenvalue weighted by Crippen LogP contribution is -2.37. The molecule has 4 unspecified atom stereocenters. The van der Waals surface area contributed by atoms with Crippen LogP contribution in [0, 0.1) is 0 Å². The molecule has 10 nitrogen and oxygen atoms in total. The van der Waals surface area contributed by atoms with Crippen molar-refractivity contribution in [2.75, 3.05) is 47.5 Å². The first-order chi connectivity index (χ1) is 26.0. The smallest absolute Gasteiger partial charge is 0.306 e. The van der Waals surface area contributed by atoms with Crippen molar-refractivity contribution >= 4 is 19.8 Å².